The Morgan fingerprint density at radius 2 is 1.58 bits per heavy atom. The van der Waals surface area contributed by atoms with Crippen molar-refractivity contribution in [1.82, 2.24) is 4.90 Å². The quantitative estimate of drug-likeness (QED) is 0.584. The van der Waals surface area contributed by atoms with Crippen molar-refractivity contribution in [2.24, 2.45) is 0 Å². The summed E-state index contributed by atoms with van der Waals surface area (Å²) in [4.78, 5) is 17.4. The van der Waals surface area contributed by atoms with Crippen molar-refractivity contribution in [2.75, 3.05) is 35.8 Å². The minimum atomic E-state index is -3.33. The molecule has 1 aliphatic rings. The number of carbonyl (C=O) groups excluding carboxylic acids is 1. The minimum absolute atomic E-state index is 0.115. The Morgan fingerprint density at radius 3 is 2.26 bits per heavy atom. The average molecular weight is 455 g/mol. The number of rotatable bonds is 5. The summed E-state index contributed by atoms with van der Waals surface area (Å²) in [7, 11) is -3.33. The molecule has 1 atom stereocenters. The minimum Gasteiger partial charge on any atom is -0.368 e. The molecule has 1 fully saturated rings. The van der Waals surface area contributed by atoms with Crippen molar-refractivity contribution < 1.29 is 9.00 Å². The van der Waals surface area contributed by atoms with Crippen LogP contribution in [0.25, 0.3) is 0 Å². The molecular formula is C23H23ClN4O2S. The van der Waals surface area contributed by atoms with Crippen LogP contribution in [0.1, 0.15) is 10.4 Å². The van der Waals surface area contributed by atoms with E-state index < -0.39 is 9.92 Å². The highest BCUT2D eigenvalue weighted by Gasteiger charge is 2.23. The lowest BCUT2D eigenvalue weighted by molar-refractivity contribution is 0.0746. The van der Waals surface area contributed by atoms with Gasteiger partial charge in [-0.2, -0.15) is 0 Å². The van der Waals surface area contributed by atoms with E-state index in [4.69, 9.17) is 16.4 Å². The average Bonchev–Trinajstić information content (AvgIpc) is 2.81. The van der Waals surface area contributed by atoms with Crippen LogP contribution in [-0.2, 0) is 9.92 Å². The van der Waals surface area contributed by atoms with Gasteiger partial charge in [0.25, 0.3) is 5.91 Å². The first-order valence-corrected chi connectivity index (χ1v) is 11.9. The molecule has 1 unspecified atom stereocenters. The second-order valence-electron chi connectivity index (χ2n) is 7.31. The van der Waals surface area contributed by atoms with Crippen molar-refractivity contribution in [3.63, 3.8) is 0 Å². The number of piperazine rings is 1. The Kier molecular flexibility index (Phi) is 6.15. The zero-order valence-electron chi connectivity index (χ0n) is 16.8. The number of hydrogen-bond donors (Lipinski definition) is 2. The summed E-state index contributed by atoms with van der Waals surface area (Å²) in [6, 6.07) is 23.3. The fourth-order valence-electron chi connectivity index (χ4n) is 3.54. The summed E-state index contributed by atoms with van der Waals surface area (Å²) in [5, 5.41) is 0.557. The van der Waals surface area contributed by atoms with Crippen molar-refractivity contribution in [1.29, 1.82) is 4.78 Å². The van der Waals surface area contributed by atoms with E-state index in [9.17, 15) is 9.00 Å². The van der Waals surface area contributed by atoms with Crippen molar-refractivity contribution in [2.45, 2.75) is 4.90 Å². The van der Waals surface area contributed by atoms with Crippen LogP contribution >= 0.6 is 11.6 Å². The Morgan fingerprint density at radius 1 is 0.903 bits per heavy atom. The fraction of sp³-hybridized carbons (Fsp3) is 0.174. The van der Waals surface area contributed by atoms with E-state index in [1.54, 1.807) is 53.4 Å². The summed E-state index contributed by atoms with van der Waals surface area (Å²) < 4.78 is 24.0. The van der Waals surface area contributed by atoms with Crippen LogP contribution in [0, 0.1) is 4.78 Å². The number of nitrogens with one attached hydrogen (secondary N) is 2. The van der Waals surface area contributed by atoms with Gasteiger partial charge >= 0.3 is 0 Å². The normalized spacial score (nSPS) is 15.9. The summed E-state index contributed by atoms with van der Waals surface area (Å²) in [6.07, 6.45) is 0. The van der Waals surface area contributed by atoms with E-state index in [0.717, 1.165) is 18.8 Å². The van der Waals surface area contributed by atoms with E-state index in [1.807, 2.05) is 18.2 Å². The van der Waals surface area contributed by atoms with Crippen LogP contribution in [-0.4, -0.2) is 41.2 Å². The van der Waals surface area contributed by atoms with Gasteiger partial charge in [-0.15, -0.1) is 0 Å². The van der Waals surface area contributed by atoms with Gasteiger partial charge < -0.3 is 9.80 Å². The number of halogens is 1. The first kappa shape index (κ1) is 21.2. The van der Waals surface area contributed by atoms with Crippen molar-refractivity contribution in [3.05, 3.63) is 89.4 Å². The molecule has 160 valence electrons. The maximum atomic E-state index is 13.0. The monoisotopic (exact) mass is 454 g/mol. The largest absolute Gasteiger partial charge is 0.368 e. The second kappa shape index (κ2) is 8.99. The molecule has 6 nitrogen and oxygen atoms in total. The maximum Gasteiger partial charge on any atom is 0.254 e. The van der Waals surface area contributed by atoms with Gasteiger partial charge in [-0.3, -0.25) is 9.52 Å². The van der Waals surface area contributed by atoms with Gasteiger partial charge in [0.2, 0.25) is 0 Å². The van der Waals surface area contributed by atoms with Gasteiger partial charge in [-0.05, 0) is 54.6 Å². The van der Waals surface area contributed by atoms with Gasteiger partial charge in [0.15, 0.2) is 9.92 Å². The number of nitrogens with zero attached hydrogens (tertiary/aromatic N) is 2. The molecular weight excluding hydrogens is 432 g/mol. The summed E-state index contributed by atoms with van der Waals surface area (Å²) in [6.45, 7) is 2.72. The number of para-hydroxylation sites is 1. The molecule has 1 amide bonds. The topological polar surface area (TPSA) is 76.5 Å². The van der Waals surface area contributed by atoms with Crippen molar-refractivity contribution in [3.8, 4) is 0 Å². The Bertz CT molecular complexity index is 1160. The third-order valence-electron chi connectivity index (χ3n) is 5.21. The Labute approximate surface area is 187 Å². The number of hydrogen-bond acceptors (Lipinski definition) is 4. The molecule has 0 radical (unpaired) electrons. The molecule has 0 aromatic heterocycles. The van der Waals surface area contributed by atoms with E-state index >= 15 is 0 Å². The zero-order valence-corrected chi connectivity index (χ0v) is 18.4. The van der Waals surface area contributed by atoms with E-state index in [-0.39, 0.29) is 10.8 Å². The number of anilines is 2. The van der Waals surface area contributed by atoms with Crippen LogP contribution in [0.5, 0.6) is 0 Å². The highest BCUT2D eigenvalue weighted by Crippen LogP contribution is 2.21. The molecule has 2 N–H and O–H groups in total. The fourth-order valence-corrected chi connectivity index (χ4v) is 4.81. The van der Waals surface area contributed by atoms with Crippen LogP contribution in [0.15, 0.2) is 83.8 Å². The molecule has 4 rings (SSSR count). The number of carbonyl (C=O) groups is 1. The molecule has 8 heteroatoms. The van der Waals surface area contributed by atoms with Gasteiger partial charge in [0.05, 0.1) is 4.90 Å². The highest BCUT2D eigenvalue weighted by molar-refractivity contribution is 7.93. The molecule has 1 aliphatic heterocycles. The predicted molar refractivity (Wildman–Crippen MR) is 125 cm³/mol. The molecule has 3 aromatic carbocycles. The lowest BCUT2D eigenvalue weighted by Gasteiger charge is -2.36. The van der Waals surface area contributed by atoms with Crippen LogP contribution in [0.4, 0.5) is 11.4 Å². The van der Waals surface area contributed by atoms with Gasteiger partial charge in [-0.1, -0.05) is 35.9 Å². The van der Waals surface area contributed by atoms with Gasteiger partial charge in [0, 0.05) is 48.1 Å². The van der Waals surface area contributed by atoms with Gasteiger partial charge in [-0.25, -0.2) is 8.99 Å². The summed E-state index contributed by atoms with van der Waals surface area (Å²) in [5.74, 6) is -0.115. The SMILES string of the molecule is N=S(=O)(Nc1ccc(Cl)cc1)c1cccc(C(=O)N2CCN(c3ccccc3)CC2)c1. The molecule has 31 heavy (non-hydrogen) atoms. The molecule has 1 heterocycles. The summed E-state index contributed by atoms with van der Waals surface area (Å²) >= 11 is 5.88. The van der Waals surface area contributed by atoms with Crippen LogP contribution in [0.2, 0.25) is 5.02 Å². The number of benzene rings is 3. The third-order valence-corrected chi connectivity index (χ3v) is 6.90. The lowest BCUT2D eigenvalue weighted by atomic mass is 10.1. The van der Waals surface area contributed by atoms with Gasteiger partial charge in [0.1, 0.15) is 0 Å². The van der Waals surface area contributed by atoms with E-state index in [1.165, 1.54) is 0 Å². The highest BCUT2D eigenvalue weighted by atomic mass is 35.5. The Balaban J connectivity index is 1.45. The predicted octanol–water partition coefficient (Wildman–Crippen LogP) is 4.74. The summed E-state index contributed by atoms with van der Waals surface area (Å²) in [5.41, 5.74) is 2.11. The first-order chi connectivity index (χ1) is 14.9. The van der Waals surface area contributed by atoms with Crippen LogP contribution in [0.3, 0.4) is 0 Å². The molecule has 0 aliphatic carbocycles. The standard InChI is InChI=1S/C23H23ClN4O2S/c24-19-9-11-20(12-10-19)26-31(25,30)22-8-4-5-18(17-22)23(29)28-15-13-27(14-16-28)21-6-2-1-3-7-21/h1-12,17H,13-16H2,(H2,25,26,30). The molecule has 0 bridgehead atoms. The third kappa shape index (κ3) is 5.00. The lowest BCUT2D eigenvalue weighted by Crippen LogP contribution is -2.48. The first-order valence-electron chi connectivity index (χ1n) is 9.94. The number of amides is 1. The Hall–Kier alpha value is -3.03. The molecule has 3 aromatic rings. The molecule has 1 saturated heterocycles. The zero-order chi connectivity index (χ0) is 21.8. The second-order valence-corrected chi connectivity index (χ2v) is 9.53. The van der Waals surface area contributed by atoms with E-state index in [2.05, 4.69) is 21.8 Å². The van der Waals surface area contributed by atoms with Crippen LogP contribution < -0.4 is 9.62 Å². The van der Waals surface area contributed by atoms with E-state index in [0.29, 0.717) is 29.4 Å². The molecule has 0 spiro atoms. The van der Waals surface area contributed by atoms with Crippen molar-refractivity contribution >= 4 is 38.8 Å². The molecule has 0 saturated carbocycles. The smallest absolute Gasteiger partial charge is 0.254 e. The maximum absolute atomic E-state index is 13.0.